The van der Waals surface area contributed by atoms with Crippen molar-refractivity contribution in [2.24, 2.45) is 0 Å². The highest BCUT2D eigenvalue weighted by atomic mass is 35.5. The molecule has 0 aliphatic heterocycles. The summed E-state index contributed by atoms with van der Waals surface area (Å²) in [4.78, 5) is 11.0. The van der Waals surface area contributed by atoms with Gasteiger partial charge in [-0.05, 0) is 19.1 Å². The number of hydrogen-bond donors (Lipinski definition) is 0. The van der Waals surface area contributed by atoms with Gasteiger partial charge in [-0.2, -0.15) is 0 Å². The molecule has 0 bridgehead atoms. The molecule has 0 saturated carbocycles. The summed E-state index contributed by atoms with van der Waals surface area (Å²) in [5.74, 6) is 0.262. The fraction of sp³-hybridized carbons (Fsp3) is 0.364. The predicted octanol–water partition coefficient (Wildman–Crippen LogP) is 3.32. The number of ether oxygens (including phenoxy) is 2. The first-order chi connectivity index (χ1) is 7.52. The Labute approximate surface area is 104 Å². The van der Waals surface area contributed by atoms with E-state index in [1.165, 1.54) is 7.11 Å². The van der Waals surface area contributed by atoms with Crippen molar-refractivity contribution in [3.8, 4) is 5.75 Å². The van der Waals surface area contributed by atoms with Crippen LogP contribution < -0.4 is 4.74 Å². The number of carbonyl (C=O) groups is 1. The fourth-order valence-electron chi connectivity index (χ4n) is 1.14. The third kappa shape index (κ3) is 3.91. The summed E-state index contributed by atoms with van der Waals surface area (Å²) < 4.78 is 10.0. The molecule has 0 aliphatic carbocycles. The van der Waals surface area contributed by atoms with Crippen LogP contribution >= 0.6 is 23.2 Å². The molecule has 5 heteroatoms. The van der Waals surface area contributed by atoms with Crippen molar-refractivity contribution >= 4 is 29.2 Å². The summed E-state index contributed by atoms with van der Waals surface area (Å²) in [5, 5.41) is 0.888. The topological polar surface area (TPSA) is 35.5 Å². The fourth-order valence-corrected chi connectivity index (χ4v) is 1.43. The van der Waals surface area contributed by atoms with Gasteiger partial charge in [0.1, 0.15) is 11.9 Å². The summed E-state index contributed by atoms with van der Waals surface area (Å²) in [5.41, 5.74) is 0. The van der Waals surface area contributed by atoms with E-state index in [0.717, 1.165) is 0 Å². The molecule has 0 heterocycles. The molecule has 88 valence electrons. The molecular formula is C11H12Cl2O3. The third-order valence-corrected chi connectivity index (χ3v) is 2.65. The van der Waals surface area contributed by atoms with Gasteiger partial charge in [-0.3, -0.25) is 4.79 Å². The molecule has 1 unspecified atom stereocenters. The molecular weight excluding hydrogens is 251 g/mol. The average molecular weight is 263 g/mol. The summed E-state index contributed by atoms with van der Waals surface area (Å²) in [6.07, 6.45) is -0.0822. The van der Waals surface area contributed by atoms with Crippen molar-refractivity contribution in [2.75, 3.05) is 7.11 Å². The van der Waals surface area contributed by atoms with Crippen LogP contribution in [0.2, 0.25) is 10.0 Å². The van der Waals surface area contributed by atoms with Gasteiger partial charge in [0.05, 0.1) is 23.6 Å². The van der Waals surface area contributed by atoms with E-state index < -0.39 is 0 Å². The molecule has 1 atom stereocenters. The summed E-state index contributed by atoms with van der Waals surface area (Å²) >= 11 is 11.6. The molecule has 3 nitrogen and oxygen atoms in total. The van der Waals surface area contributed by atoms with Crippen molar-refractivity contribution in [1.82, 2.24) is 0 Å². The minimum Gasteiger partial charge on any atom is -0.490 e. The molecule has 0 fully saturated rings. The van der Waals surface area contributed by atoms with Gasteiger partial charge in [-0.25, -0.2) is 0 Å². The van der Waals surface area contributed by atoms with Gasteiger partial charge >= 0.3 is 5.97 Å². The second-order valence-electron chi connectivity index (χ2n) is 3.28. The first-order valence-corrected chi connectivity index (χ1v) is 5.47. The second-order valence-corrected chi connectivity index (χ2v) is 4.10. The molecule has 0 aromatic heterocycles. The lowest BCUT2D eigenvalue weighted by atomic mass is 10.3. The number of hydrogen-bond acceptors (Lipinski definition) is 3. The maximum Gasteiger partial charge on any atom is 0.309 e. The summed E-state index contributed by atoms with van der Waals surface area (Å²) in [6.45, 7) is 1.78. The number of esters is 1. The standard InChI is InChI=1S/C11H12Cl2O3/c1-7(5-11(14)15-2)16-8-3-4-9(12)10(13)6-8/h3-4,6-7H,5H2,1-2H3. The molecule has 0 N–H and O–H groups in total. The Bertz CT molecular complexity index is 379. The lowest BCUT2D eigenvalue weighted by Crippen LogP contribution is -2.17. The molecule has 0 radical (unpaired) electrons. The van der Waals surface area contributed by atoms with Crippen LogP contribution in [-0.2, 0) is 9.53 Å². The van der Waals surface area contributed by atoms with Crippen LogP contribution in [0.4, 0.5) is 0 Å². The van der Waals surface area contributed by atoms with Gasteiger partial charge in [0, 0.05) is 6.07 Å². The second kappa shape index (κ2) is 5.97. The van der Waals surface area contributed by atoms with Gasteiger partial charge in [-0.1, -0.05) is 23.2 Å². The van der Waals surface area contributed by atoms with Crippen molar-refractivity contribution in [1.29, 1.82) is 0 Å². The third-order valence-electron chi connectivity index (χ3n) is 1.91. The molecule has 0 saturated heterocycles. The lowest BCUT2D eigenvalue weighted by Gasteiger charge is -2.13. The Hall–Kier alpha value is -0.930. The first-order valence-electron chi connectivity index (χ1n) is 4.71. The average Bonchev–Trinajstić information content (AvgIpc) is 2.23. The first kappa shape index (κ1) is 13.1. The molecule has 1 aromatic carbocycles. The SMILES string of the molecule is COC(=O)CC(C)Oc1ccc(Cl)c(Cl)c1. The van der Waals surface area contributed by atoms with E-state index in [2.05, 4.69) is 4.74 Å². The zero-order valence-corrected chi connectivity index (χ0v) is 10.5. The number of rotatable bonds is 4. The quantitative estimate of drug-likeness (QED) is 0.781. The Morgan fingerprint density at radius 2 is 2.06 bits per heavy atom. The minimum atomic E-state index is -0.312. The smallest absolute Gasteiger partial charge is 0.309 e. The van der Waals surface area contributed by atoms with Gasteiger partial charge < -0.3 is 9.47 Å². The van der Waals surface area contributed by atoms with E-state index in [0.29, 0.717) is 15.8 Å². The Kier molecular flexibility index (Phi) is 4.90. The number of benzene rings is 1. The van der Waals surface area contributed by atoms with Gasteiger partial charge in [0.15, 0.2) is 0 Å². The number of halogens is 2. The van der Waals surface area contributed by atoms with E-state index >= 15 is 0 Å². The Balaban J connectivity index is 2.59. The lowest BCUT2D eigenvalue weighted by molar-refractivity contribution is -0.142. The van der Waals surface area contributed by atoms with Crippen LogP contribution in [-0.4, -0.2) is 19.2 Å². The van der Waals surface area contributed by atoms with Crippen molar-refractivity contribution in [3.63, 3.8) is 0 Å². The maximum atomic E-state index is 11.0. The highest BCUT2D eigenvalue weighted by Crippen LogP contribution is 2.27. The van der Waals surface area contributed by atoms with Crippen LogP contribution in [0, 0.1) is 0 Å². The molecule has 0 amide bonds. The predicted molar refractivity (Wildman–Crippen MR) is 63.2 cm³/mol. The van der Waals surface area contributed by atoms with Crippen LogP contribution in [0.1, 0.15) is 13.3 Å². The van der Waals surface area contributed by atoms with Crippen molar-refractivity contribution in [3.05, 3.63) is 28.2 Å². The van der Waals surface area contributed by atoms with Crippen LogP contribution in [0.15, 0.2) is 18.2 Å². The number of methoxy groups -OCH3 is 1. The van der Waals surface area contributed by atoms with Gasteiger partial charge in [0.2, 0.25) is 0 Å². The molecule has 16 heavy (non-hydrogen) atoms. The zero-order valence-electron chi connectivity index (χ0n) is 9.00. The highest BCUT2D eigenvalue weighted by molar-refractivity contribution is 6.42. The molecule has 0 spiro atoms. The minimum absolute atomic E-state index is 0.191. The van der Waals surface area contributed by atoms with Crippen molar-refractivity contribution < 1.29 is 14.3 Å². The zero-order chi connectivity index (χ0) is 12.1. The van der Waals surface area contributed by atoms with E-state index in [9.17, 15) is 4.79 Å². The van der Waals surface area contributed by atoms with Crippen LogP contribution in [0.5, 0.6) is 5.75 Å². The molecule has 0 aliphatic rings. The highest BCUT2D eigenvalue weighted by Gasteiger charge is 2.11. The van der Waals surface area contributed by atoms with Crippen LogP contribution in [0.3, 0.4) is 0 Å². The molecule has 1 aromatic rings. The Morgan fingerprint density at radius 3 is 2.62 bits per heavy atom. The number of carbonyl (C=O) groups excluding carboxylic acids is 1. The normalized spacial score (nSPS) is 12.0. The summed E-state index contributed by atoms with van der Waals surface area (Å²) in [7, 11) is 1.34. The summed E-state index contributed by atoms with van der Waals surface area (Å²) in [6, 6.07) is 4.95. The van der Waals surface area contributed by atoms with E-state index in [-0.39, 0.29) is 18.5 Å². The van der Waals surface area contributed by atoms with Gasteiger partial charge in [0.25, 0.3) is 0 Å². The van der Waals surface area contributed by atoms with E-state index in [1.54, 1.807) is 25.1 Å². The van der Waals surface area contributed by atoms with Crippen LogP contribution in [0.25, 0.3) is 0 Å². The van der Waals surface area contributed by atoms with E-state index in [4.69, 9.17) is 27.9 Å². The Morgan fingerprint density at radius 1 is 1.38 bits per heavy atom. The van der Waals surface area contributed by atoms with Gasteiger partial charge in [-0.15, -0.1) is 0 Å². The largest absolute Gasteiger partial charge is 0.490 e. The maximum absolute atomic E-state index is 11.0. The van der Waals surface area contributed by atoms with Crippen molar-refractivity contribution in [2.45, 2.75) is 19.4 Å². The molecule has 1 rings (SSSR count). The monoisotopic (exact) mass is 262 g/mol. The van der Waals surface area contributed by atoms with E-state index in [1.807, 2.05) is 0 Å².